The van der Waals surface area contributed by atoms with Gasteiger partial charge in [-0.25, -0.2) is 0 Å². The van der Waals surface area contributed by atoms with Crippen LogP contribution in [0.5, 0.6) is 0 Å². The van der Waals surface area contributed by atoms with Crippen LogP contribution >= 0.6 is 18.7 Å². The van der Waals surface area contributed by atoms with Gasteiger partial charge in [0.15, 0.2) is 0 Å². The Hall–Kier alpha value is 1.11. The molecule has 1 atom stereocenters. The SMILES string of the molecule is CC(C)P(Cl)N([Si](C)(C)C)[Si](C)(C)C. The second kappa shape index (κ2) is 4.96. The number of hydrogen-bond acceptors (Lipinski definition) is 1. The maximum absolute atomic E-state index is 6.61. The van der Waals surface area contributed by atoms with Crippen LogP contribution in [-0.4, -0.2) is 26.1 Å². The van der Waals surface area contributed by atoms with E-state index in [2.05, 4.69) is 57.1 Å². The number of hydrogen-bond donors (Lipinski definition) is 0. The summed E-state index contributed by atoms with van der Waals surface area (Å²) in [5, 5.41) is 0. The molecule has 5 heteroatoms. The van der Waals surface area contributed by atoms with E-state index in [1.807, 2.05) is 0 Å². The standard InChI is InChI=1S/C9H25ClNPSi2/c1-9(2)12(10)11(13(3,4)5)14(6,7)8/h9H,1-8H3. The molecule has 0 saturated heterocycles. The van der Waals surface area contributed by atoms with Gasteiger partial charge in [0.05, 0.1) is 7.43 Å². The molecule has 0 rings (SSSR count). The topological polar surface area (TPSA) is 3.24 Å². The predicted molar refractivity (Wildman–Crippen MR) is 76.4 cm³/mol. The minimum absolute atomic E-state index is 0.450. The second-order valence-electron chi connectivity index (χ2n) is 6.04. The molecule has 1 nitrogen and oxygen atoms in total. The number of nitrogens with zero attached hydrogens (tertiary/aromatic N) is 1. The van der Waals surface area contributed by atoms with Crippen molar-refractivity contribution in [2.24, 2.45) is 0 Å². The largest absolute Gasteiger partial charge is 0.312 e. The van der Waals surface area contributed by atoms with Gasteiger partial charge in [-0.2, -0.15) is 0 Å². The first-order chi connectivity index (χ1) is 5.98. The third kappa shape index (κ3) is 4.32. The zero-order valence-corrected chi connectivity index (χ0v) is 14.5. The van der Waals surface area contributed by atoms with E-state index in [1.165, 1.54) is 0 Å². The van der Waals surface area contributed by atoms with E-state index in [9.17, 15) is 0 Å². The van der Waals surface area contributed by atoms with Gasteiger partial charge in [0.2, 0.25) is 0 Å². The van der Waals surface area contributed by atoms with Gasteiger partial charge in [-0.1, -0.05) is 64.4 Å². The smallest absolute Gasteiger partial charge is 0.117 e. The van der Waals surface area contributed by atoms with Gasteiger partial charge < -0.3 is 4.00 Å². The summed E-state index contributed by atoms with van der Waals surface area (Å²) >= 11 is 6.61. The van der Waals surface area contributed by atoms with E-state index in [4.69, 9.17) is 11.2 Å². The maximum Gasteiger partial charge on any atom is 0.117 e. The Morgan fingerprint density at radius 1 is 0.929 bits per heavy atom. The molecular weight excluding hydrogens is 245 g/mol. The van der Waals surface area contributed by atoms with Crippen molar-refractivity contribution in [2.75, 3.05) is 0 Å². The van der Waals surface area contributed by atoms with Gasteiger partial charge in [0, 0.05) is 0 Å². The van der Waals surface area contributed by atoms with Crippen molar-refractivity contribution in [1.29, 1.82) is 0 Å². The zero-order chi connectivity index (χ0) is 11.7. The van der Waals surface area contributed by atoms with E-state index in [-0.39, 0.29) is 0 Å². The van der Waals surface area contributed by atoms with Crippen LogP contribution in [0.2, 0.25) is 39.3 Å². The van der Waals surface area contributed by atoms with E-state index in [0.717, 1.165) is 0 Å². The Labute approximate surface area is 98.0 Å². The summed E-state index contributed by atoms with van der Waals surface area (Å²) in [6.45, 7) is 18.9. The Balaban J connectivity index is 4.94. The number of rotatable bonds is 4. The predicted octanol–water partition coefficient (Wildman–Crippen LogP) is 4.92. The van der Waals surface area contributed by atoms with Crippen LogP contribution in [-0.2, 0) is 0 Å². The highest BCUT2D eigenvalue weighted by Crippen LogP contribution is 2.55. The molecule has 0 radical (unpaired) electrons. The fourth-order valence-electron chi connectivity index (χ4n) is 1.81. The third-order valence-corrected chi connectivity index (χ3v) is 17.0. The van der Waals surface area contributed by atoms with Gasteiger partial charge in [-0.05, 0) is 5.66 Å². The Bertz CT molecular complexity index is 172. The van der Waals surface area contributed by atoms with E-state index >= 15 is 0 Å². The first-order valence-corrected chi connectivity index (χ1v) is 14.4. The normalized spacial score (nSPS) is 16.5. The van der Waals surface area contributed by atoms with E-state index in [1.54, 1.807) is 0 Å². The highest BCUT2D eigenvalue weighted by molar-refractivity contribution is 7.85. The molecule has 0 aromatic heterocycles. The summed E-state index contributed by atoms with van der Waals surface area (Å²) < 4.78 is 2.72. The van der Waals surface area contributed by atoms with Crippen LogP contribution in [0.3, 0.4) is 0 Å². The minimum Gasteiger partial charge on any atom is -0.312 e. The van der Waals surface area contributed by atoms with Gasteiger partial charge in [0.1, 0.15) is 16.5 Å². The molecule has 0 bridgehead atoms. The van der Waals surface area contributed by atoms with Crippen LogP contribution in [0.15, 0.2) is 0 Å². The van der Waals surface area contributed by atoms with Crippen molar-refractivity contribution >= 4 is 35.1 Å². The molecule has 0 amide bonds. The van der Waals surface area contributed by atoms with Crippen molar-refractivity contribution in [1.82, 2.24) is 4.00 Å². The van der Waals surface area contributed by atoms with E-state index < -0.39 is 23.9 Å². The highest BCUT2D eigenvalue weighted by atomic mass is 35.7. The first kappa shape index (κ1) is 15.1. The highest BCUT2D eigenvalue weighted by Gasteiger charge is 2.39. The van der Waals surface area contributed by atoms with Crippen LogP contribution in [0.4, 0.5) is 0 Å². The molecule has 0 aromatic carbocycles. The fraction of sp³-hybridized carbons (Fsp3) is 1.00. The van der Waals surface area contributed by atoms with Crippen molar-refractivity contribution < 1.29 is 0 Å². The minimum atomic E-state index is -1.26. The lowest BCUT2D eigenvalue weighted by Crippen LogP contribution is -2.55. The van der Waals surface area contributed by atoms with Crippen LogP contribution < -0.4 is 0 Å². The monoisotopic (exact) mass is 269 g/mol. The molecular formula is C9H25ClNPSi2. The van der Waals surface area contributed by atoms with Crippen molar-refractivity contribution in [3.63, 3.8) is 0 Å². The molecule has 0 aromatic rings. The molecule has 1 unspecified atom stereocenters. The lowest BCUT2D eigenvalue weighted by molar-refractivity contribution is 0.938. The summed E-state index contributed by atoms with van der Waals surface area (Å²) in [6.07, 6.45) is 0. The molecule has 0 N–H and O–H groups in total. The molecule has 0 saturated carbocycles. The number of halogens is 1. The zero-order valence-electron chi connectivity index (χ0n) is 10.8. The average Bonchev–Trinajstić information content (AvgIpc) is 1.79. The third-order valence-electron chi connectivity index (χ3n) is 1.89. The summed E-state index contributed by atoms with van der Waals surface area (Å²) in [5.41, 5.74) is 0.602. The average molecular weight is 270 g/mol. The molecule has 0 fully saturated rings. The molecule has 0 aliphatic rings. The molecule has 0 aliphatic carbocycles. The van der Waals surface area contributed by atoms with E-state index in [0.29, 0.717) is 5.66 Å². The van der Waals surface area contributed by atoms with Gasteiger partial charge in [-0.3, -0.25) is 0 Å². The van der Waals surface area contributed by atoms with Crippen molar-refractivity contribution in [3.05, 3.63) is 0 Å². The van der Waals surface area contributed by atoms with Gasteiger partial charge >= 0.3 is 0 Å². The summed E-state index contributed by atoms with van der Waals surface area (Å²) in [5.74, 6) is 0. The van der Waals surface area contributed by atoms with Crippen LogP contribution in [0.1, 0.15) is 13.8 Å². The lowest BCUT2D eigenvalue weighted by atomic mass is 10.6. The molecule has 14 heavy (non-hydrogen) atoms. The summed E-state index contributed by atoms with van der Waals surface area (Å²) in [7, 11) is -2.96. The second-order valence-corrected chi connectivity index (χ2v) is 19.9. The molecule has 0 aliphatic heterocycles. The summed E-state index contributed by atoms with van der Waals surface area (Å²) in [4.78, 5) is 0. The van der Waals surface area contributed by atoms with Gasteiger partial charge in [-0.15, -0.1) is 0 Å². The quantitative estimate of drug-likeness (QED) is 0.517. The molecule has 86 valence electrons. The Morgan fingerprint density at radius 2 is 1.21 bits per heavy atom. The van der Waals surface area contributed by atoms with Gasteiger partial charge in [0.25, 0.3) is 0 Å². The summed E-state index contributed by atoms with van der Waals surface area (Å²) in [6, 6.07) is 0. The Morgan fingerprint density at radius 3 is 1.29 bits per heavy atom. The fourth-order valence-corrected chi connectivity index (χ4v) is 20.4. The maximum atomic E-state index is 6.61. The first-order valence-electron chi connectivity index (χ1n) is 5.23. The van der Waals surface area contributed by atoms with Crippen LogP contribution in [0.25, 0.3) is 0 Å². The molecule has 0 heterocycles. The lowest BCUT2D eigenvalue weighted by Gasteiger charge is -2.47. The molecule has 0 spiro atoms. The van der Waals surface area contributed by atoms with Crippen LogP contribution in [0, 0.1) is 0 Å². The van der Waals surface area contributed by atoms with Crippen molar-refractivity contribution in [2.45, 2.75) is 58.8 Å². The van der Waals surface area contributed by atoms with Crippen molar-refractivity contribution in [3.8, 4) is 0 Å². The Kier molecular flexibility index (Phi) is 5.36.